The molecular weight excluding hydrogens is 477 g/mol. The highest BCUT2D eigenvalue weighted by Gasteiger charge is 2.38. The molecule has 2 aliphatic heterocycles. The van der Waals surface area contributed by atoms with E-state index < -0.39 is 34.7 Å². The van der Waals surface area contributed by atoms with E-state index in [1.54, 1.807) is 0 Å². The number of fused-ring (bicyclic) bond motifs is 1. The predicted molar refractivity (Wildman–Crippen MR) is 114 cm³/mol. The van der Waals surface area contributed by atoms with Gasteiger partial charge in [0, 0.05) is 38.6 Å². The van der Waals surface area contributed by atoms with Crippen molar-refractivity contribution in [3.05, 3.63) is 29.5 Å². The molecule has 1 unspecified atom stereocenters. The number of rotatable bonds is 3. The number of aromatic hydroxyl groups is 1. The molecule has 5 rings (SSSR count). The highest BCUT2D eigenvalue weighted by atomic mass is 19.4. The molecule has 0 saturated carbocycles. The summed E-state index contributed by atoms with van der Waals surface area (Å²) in [5.74, 6) is -4.64. The first-order valence-corrected chi connectivity index (χ1v) is 11.1. The van der Waals surface area contributed by atoms with Crippen molar-refractivity contribution in [2.45, 2.75) is 25.1 Å². The highest BCUT2D eigenvalue weighted by molar-refractivity contribution is 5.91. The van der Waals surface area contributed by atoms with E-state index in [0.717, 1.165) is 12.8 Å². The molecule has 35 heavy (non-hydrogen) atoms. The molecule has 0 bridgehead atoms. The Morgan fingerprint density at radius 1 is 1.09 bits per heavy atom. The molecule has 13 heteroatoms. The van der Waals surface area contributed by atoms with Crippen LogP contribution in [0.1, 0.15) is 18.4 Å². The van der Waals surface area contributed by atoms with E-state index in [1.165, 1.54) is 17.9 Å². The molecule has 3 aromatic rings. The molecule has 2 aliphatic rings. The third-order valence-electron chi connectivity index (χ3n) is 6.54. The first kappa shape index (κ1) is 23.7. The highest BCUT2D eigenvalue weighted by Crippen LogP contribution is 2.41. The van der Waals surface area contributed by atoms with Gasteiger partial charge in [-0.15, -0.1) is 0 Å². The smallest absolute Gasteiger partial charge is 0.419 e. The van der Waals surface area contributed by atoms with Gasteiger partial charge in [-0.25, -0.2) is 18.4 Å². The second-order valence-electron chi connectivity index (χ2n) is 8.61. The number of hydrogen-bond donors (Lipinski definition) is 1. The SMILES string of the molecule is Cn1nc(-c2cc(C(F)(F)F)c(F)c(O)c2F)c2cnc(N3CCOCC3C3CCOCC3)nc21. The van der Waals surface area contributed by atoms with Gasteiger partial charge in [-0.1, -0.05) is 0 Å². The molecule has 188 valence electrons. The van der Waals surface area contributed by atoms with Crippen molar-refractivity contribution in [2.24, 2.45) is 13.0 Å². The average molecular weight is 499 g/mol. The molecule has 1 N–H and O–H groups in total. The summed E-state index contributed by atoms with van der Waals surface area (Å²) in [4.78, 5) is 11.0. The number of alkyl halides is 3. The number of halogens is 5. The van der Waals surface area contributed by atoms with Gasteiger partial charge in [0.25, 0.3) is 0 Å². The van der Waals surface area contributed by atoms with Crippen LogP contribution >= 0.6 is 0 Å². The number of benzene rings is 1. The fraction of sp³-hybridized carbons (Fsp3) is 0.500. The van der Waals surface area contributed by atoms with Gasteiger partial charge in [-0.05, 0) is 24.8 Å². The Bertz CT molecular complexity index is 1260. The second kappa shape index (κ2) is 8.86. The first-order chi connectivity index (χ1) is 16.7. The van der Waals surface area contributed by atoms with E-state index in [2.05, 4.69) is 15.1 Å². The normalized spacial score (nSPS) is 20.1. The van der Waals surface area contributed by atoms with Gasteiger partial charge in [-0.2, -0.15) is 23.3 Å². The standard InChI is InChI=1S/C22H22F5N5O3/c1-31-20-13(18(30-31)12-8-14(22(25,26)27)17(24)19(33)16(12)23)9-28-21(29-20)32-4-7-35-10-15(32)11-2-5-34-6-3-11/h8-9,11,15,33H,2-7,10H2,1H3. The number of aryl methyl sites for hydroxylation is 1. The Kier molecular flexibility index (Phi) is 5.99. The van der Waals surface area contributed by atoms with Crippen LogP contribution in [0, 0.1) is 17.6 Å². The van der Waals surface area contributed by atoms with Gasteiger partial charge in [0.1, 0.15) is 5.69 Å². The quantitative estimate of drug-likeness (QED) is 0.551. The predicted octanol–water partition coefficient (Wildman–Crippen LogP) is 3.66. The van der Waals surface area contributed by atoms with Crippen LogP contribution in [0.3, 0.4) is 0 Å². The molecule has 4 heterocycles. The number of hydrogen-bond acceptors (Lipinski definition) is 7. The monoisotopic (exact) mass is 499 g/mol. The molecule has 0 radical (unpaired) electrons. The lowest BCUT2D eigenvalue weighted by atomic mass is 9.90. The van der Waals surface area contributed by atoms with Crippen molar-refractivity contribution in [2.75, 3.05) is 37.9 Å². The zero-order chi connectivity index (χ0) is 24.9. The van der Waals surface area contributed by atoms with E-state index in [9.17, 15) is 27.1 Å². The summed E-state index contributed by atoms with van der Waals surface area (Å²) in [5.41, 5.74) is -2.49. The Labute approximate surface area is 196 Å². The zero-order valence-electron chi connectivity index (χ0n) is 18.6. The van der Waals surface area contributed by atoms with Crippen molar-refractivity contribution in [1.82, 2.24) is 19.7 Å². The van der Waals surface area contributed by atoms with Crippen molar-refractivity contribution in [3.8, 4) is 17.0 Å². The topological polar surface area (TPSA) is 85.5 Å². The summed E-state index contributed by atoms with van der Waals surface area (Å²) in [7, 11) is 1.50. The average Bonchev–Trinajstić information content (AvgIpc) is 3.18. The van der Waals surface area contributed by atoms with Gasteiger partial charge in [-0.3, -0.25) is 0 Å². The Morgan fingerprint density at radius 2 is 1.83 bits per heavy atom. The molecule has 0 aliphatic carbocycles. The third-order valence-corrected chi connectivity index (χ3v) is 6.54. The summed E-state index contributed by atoms with van der Waals surface area (Å²) < 4.78 is 80.9. The maximum atomic E-state index is 14.7. The van der Waals surface area contributed by atoms with Gasteiger partial charge in [0.2, 0.25) is 5.95 Å². The van der Waals surface area contributed by atoms with Crippen molar-refractivity contribution in [1.29, 1.82) is 0 Å². The fourth-order valence-corrected chi connectivity index (χ4v) is 4.73. The van der Waals surface area contributed by atoms with Crippen molar-refractivity contribution in [3.63, 3.8) is 0 Å². The first-order valence-electron chi connectivity index (χ1n) is 11.1. The molecule has 0 spiro atoms. The third kappa shape index (κ3) is 4.16. The van der Waals surface area contributed by atoms with Gasteiger partial charge >= 0.3 is 6.18 Å². The lowest BCUT2D eigenvalue weighted by Gasteiger charge is -2.41. The number of aromatic nitrogens is 4. The summed E-state index contributed by atoms with van der Waals surface area (Å²) in [6, 6.07) is 0.321. The van der Waals surface area contributed by atoms with Crippen molar-refractivity contribution < 1.29 is 36.5 Å². The van der Waals surface area contributed by atoms with Crippen LogP contribution < -0.4 is 4.90 Å². The van der Waals surface area contributed by atoms with Gasteiger partial charge in [0.15, 0.2) is 23.0 Å². The molecule has 2 aromatic heterocycles. The van der Waals surface area contributed by atoms with Crippen LogP contribution in [0.2, 0.25) is 0 Å². The summed E-state index contributed by atoms with van der Waals surface area (Å²) in [6.45, 7) is 2.86. The minimum atomic E-state index is -5.15. The van der Waals surface area contributed by atoms with E-state index >= 15 is 0 Å². The zero-order valence-corrected chi connectivity index (χ0v) is 18.6. The molecule has 2 saturated heterocycles. The number of anilines is 1. The summed E-state index contributed by atoms with van der Waals surface area (Å²) in [5, 5.41) is 14.0. The number of nitrogens with zero attached hydrogens (tertiary/aromatic N) is 5. The van der Waals surface area contributed by atoms with E-state index in [-0.39, 0.29) is 22.8 Å². The van der Waals surface area contributed by atoms with Gasteiger partial charge < -0.3 is 19.5 Å². The van der Waals surface area contributed by atoms with E-state index in [1.807, 2.05) is 4.90 Å². The van der Waals surface area contributed by atoms with Crippen LogP contribution in [0.5, 0.6) is 5.75 Å². The molecule has 2 fully saturated rings. The minimum Gasteiger partial charge on any atom is -0.503 e. The fourth-order valence-electron chi connectivity index (χ4n) is 4.73. The summed E-state index contributed by atoms with van der Waals surface area (Å²) in [6.07, 6.45) is -2.05. The number of morpholine rings is 1. The van der Waals surface area contributed by atoms with Crippen LogP contribution in [-0.4, -0.2) is 63.9 Å². The molecule has 0 amide bonds. The molecular formula is C22H22F5N5O3. The number of phenols is 1. The van der Waals surface area contributed by atoms with Crippen LogP contribution in [-0.2, 0) is 22.7 Å². The molecule has 1 aromatic carbocycles. The Morgan fingerprint density at radius 3 is 2.54 bits per heavy atom. The van der Waals surface area contributed by atoms with Gasteiger partial charge in [0.05, 0.1) is 30.2 Å². The summed E-state index contributed by atoms with van der Waals surface area (Å²) >= 11 is 0. The van der Waals surface area contributed by atoms with E-state index in [4.69, 9.17) is 9.47 Å². The Hall–Kier alpha value is -3.06. The van der Waals surface area contributed by atoms with Crippen LogP contribution in [0.25, 0.3) is 22.3 Å². The molecule has 1 atom stereocenters. The molecule has 8 nitrogen and oxygen atoms in total. The van der Waals surface area contributed by atoms with Crippen LogP contribution in [0.4, 0.5) is 27.9 Å². The number of ether oxygens (including phenoxy) is 2. The lowest BCUT2D eigenvalue weighted by Crippen LogP contribution is -2.51. The Balaban J connectivity index is 1.57. The number of phenolic OH excluding ortho intramolecular Hbond substituents is 1. The largest absolute Gasteiger partial charge is 0.503 e. The van der Waals surface area contributed by atoms with E-state index in [0.29, 0.717) is 50.9 Å². The van der Waals surface area contributed by atoms with Crippen molar-refractivity contribution >= 4 is 17.0 Å². The lowest BCUT2D eigenvalue weighted by molar-refractivity contribution is -0.140. The maximum Gasteiger partial charge on any atom is 0.419 e. The maximum absolute atomic E-state index is 14.7. The minimum absolute atomic E-state index is 0.0265. The van der Waals surface area contributed by atoms with Crippen LogP contribution in [0.15, 0.2) is 12.3 Å². The second-order valence-corrected chi connectivity index (χ2v) is 8.61.